The average molecular weight is 515 g/mol. The largest absolute Gasteiger partial charge is 0.497 e. The molecule has 1 N–H and O–H groups in total. The highest BCUT2D eigenvalue weighted by Crippen LogP contribution is 2.38. The fourth-order valence-electron chi connectivity index (χ4n) is 5.28. The molecule has 1 fully saturated rings. The first-order valence-electron chi connectivity index (χ1n) is 12.3. The highest BCUT2D eigenvalue weighted by atomic mass is 19.4. The van der Waals surface area contributed by atoms with E-state index in [1.165, 1.54) is 26.4 Å². The van der Waals surface area contributed by atoms with Crippen LogP contribution in [0.4, 0.5) is 18.9 Å². The van der Waals surface area contributed by atoms with Gasteiger partial charge in [-0.25, -0.2) is 0 Å². The quantitative estimate of drug-likeness (QED) is 0.531. The fourth-order valence-corrected chi connectivity index (χ4v) is 5.28. The Morgan fingerprint density at radius 1 is 1.03 bits per heavy atom. The van der Waals surface area contributed by atoms with Gasteiger partial charge in [-0.2, -0.15) is 23.0 Å². The van der Waals surface area contributed by atoms with Crippen LogP contribution in [0.5, 0.6) is 11.5 Å². The summed E-state index contributed by atoms with van der Waals surface area (Å²) in [6.07, 6.45) is -1.94. The van der Waals surface area contributed by atoms with Gasteiger partial charge in [0.05, 0.1) is 31.2 Å². The number of aromatic nitrogens is 2. The van der Waals surface area contributed by atoms with Crippen LogP contribution < -0.4 is 25.2 Å². The maximum absolute atomic E-state index is 14.2. The van der Waals surface area contributed by atoms with Gasteiger partial charge >= 0.3 is 6.18 Å². The maximum atomic E-state index is 14.2. The third-order valence-corrected chi connectivity index (χ3v) is 7.26. The number of nitrogens with one attached hydrogen (secondary N) is 1. The molecule has 0 bridgehead atoms. The van der Waals surface area contributed by atoms with E-state index >= 15 is 0 Å². The third-order valence-electron chi connectivity index (χ3n) is 7.26. The smallest absolute Gasteiger partial charge is 0.418 e. The molecule has 196 valence electrons. The van der Waals surface area contributed by atoms with Crippen molar-refractivity contribution in [2.45, 2.75) is 37.9 Å². The van der Waals surface area contributed by atoms with E-state index in [1.807, 2.05) is 11.9 Å². The number of ether oxygens (including phenoxy) is 2. The highest BCUT2D eigenvalue weighted by Gasteiger charge is 2.36. The second-order valence-electron chi connectivity index (χ2n) is 9.40. The molecule has 1 aromatic heterocycles. The van der Waals surface area contributed by atoms with E-state index in [4.69, 9.17) is 9.47 Å². The van der Waals surface area contributed by atoms with Gasteiger partial charge in [0.15, 0.2) is 0 Å². The van der Waals surface area contributed by atoms with Gasteiger partial charge in [-0.15, -0.1) is 0 Å². The van der Waals surface area contributed by atoms with Crippen LogP contribution in [0, 0.1) is 0 Å². The number of nitrogens with zero attached hydrogens (tertiary/aromatic N) is 3. The minimum atomic E-state index is -4.66. The molecular formula is C27H29F3N4O3. The van der Waals surface area contributed by atoms with Gasteiger partial charge in [-0.3, -0.25) is 4.79 Å². The summed E-state index contributed by atoms with van der Waals surface area (Å²) in [6, 6.07) is 9.42. The van der Waals surface area contributed by atoms with Crippen LogP contribution >= 0.6 is 0 Å². The topological polar surface area (TPSA) is 68.6 Å². The number of benzene rings is 2. The average Bonchev–Trinajstić information content (AvgIpc) is 3.58. The van der Waals surface area contributed by atoms with Gasteiger partial charge < -0.3 is 19.7 Å². The minimum absolute atomic E-state index is 0.251. The zero-order valence-corrected chi connectivity index (χ0v) is 21.0. The molecule has 0 amide bonds. The molecule has 1 unspecified atom stereocenters. The van der Waals surface area contributed by atoms with E-state index in [0.717, 1.165) is 29.2 Å². The molecule has 1 aliphatic carbocycles. The lowest BCUT2D eigenvalue weighted by atomic mass is 10.0. The summed E-state index contributed by atoms with van der Waals surface area (Å²) in [5, 5.41) is 7.79. The lowest BCUT2D eigenvalue weighted by molar-refractivity contribution is -0.137. The summed E-state index contributed by atoms with van der Waals surface area (Å²) in [7, 11) is 4.92. The number of methoxy groups -OCH3 is 2. The lowest BCUT2D eigenvalue weighted by Crippen LogP contribution is -2.30. The van der Waals surface area contributed by atoms with E-state index < -0.39 is 17.3 Å². The molecule has 10 heteroatoms. The molecule has 1 saturated heterocycles. The fraction of sp³-hybridized carbons (Fsp3) is 0.407. The Bertz CT molecular complexity index is 1360. The first kappa shape index (κ1) is 25.1. The zero-order chi connectivity index (χ0) is 26.3. The van der Waals surface area contributed by atoms with Crippen molar-refractivity contribution in [2.75, 3.05) is 39.3 Å². The Morgan fingerprint density at radius 3 is 2.35 bits per heavy atom. The second kappa shape index (κ2) is 9.74. The van der Waals surface area contributed by atoms with Crippen molar-refractivity contribution in [1.82, 2.24) is 15.1 Å². The van der Waals surface area contributed by atoms with E-state index in [9.17, 15) is 18.0 Å². The van der Waals surface area contributed by atoms with Crippen LogP contribution in [-0.2, 0) is 19.0 Å². The van der Waals surface area contributed by atoms with E-state index in [-0.39, 0.29) is 11.7 Å². The number of hydrogen-bond acceptors (Lipinski definition) is 6. The Labute approximate surface area is 212 Å². The lowest BCUT2D eigenvalue weighted by Gasteiger charge is -2.22. The molecule has 37 heavy (non-hydrogen) atoms. The van der Waals surface area contributed by atoms with Crippen molar-refractivity contribution in [2.24, 2.45) is 0 Å². The summed E-state index contributed by atoms with van der Waals surface area (Å²) < 4.78 is 54.3. The first-order chi connectivity index (χ1) is 17.7. The number of fused-ring (bicyclic) bond motifs is 1. The second-order valence-corrected chi connectivity index (χ2v) is 9.40. The molecular weight excluding hydrogens is 485 g/mol. The van der Waals surface area contributed by atoms with E-state index in [2.05, 4.69) is 10.4 Å². The van der Waals surface area contributed by atoms with Crippen molar-refractivity contribution < 1.29 is 22.6 Å². The van der Waals surface area contributed by atoms with Crippen LogP contribution in [0.2, 0.25) is 0 Å². The van der Waals surface area contributed by atoms with Gasteiger partial charge in [0.1, 0.15) is 11.5 Å². The van der Waals surface area contributed by atoms with Gasteiger partial charge in [-0.1, -0.05) is 0 Å². The van der Waals surface area contributed by atoms with Crippen molar-refractivity contribution in [3.63, 3.8) is 0 Å². The van der Waals surface area contributed by atoms with Crippen molar-refractivity contribution in [1.29, 1.82) is 0 Å². The number of halogens is 3. The summed E-state index contributed by atoms with van der Waals surface area (Å²) in [5.74, 6) is 1.04. The minimum Gasteiger partial charge on any atom is -0.497 e. The molecule has 1 aliphatic heterocycles. The number of likely N-dealkylation sites (N-methyl/N-ethyl adjacent to an activating group) is 1. The Morgan fingerprint density at radius 2 is 1.73 bits per heavy atom. The predicted molar refractivity (Wildman–Crippen MR) is 135 cm³/mol. The Balaban J connectivity index is 1.73. The molecule has 5 rings (SSSR count). The highest BCUT2D eigenvalue weighted by molar-refractivity contribution is 5.69. The Kier molecular flexibility index (Phi) is 6.61. The zero-order valence-electron chi connectivity index (χ0n) is 21.0. The molecule has 2 aliphatic rings. The van der Waals surface area contributed by atoms with Crippen LogP contribution in [-0.4, -0.2) is 50.2 Å². The monoisotopic (exact) mass is 514 g/mol. The van der Waals surface area contributed by atoms with E-state index in [0.29, 0.717) is 59.9 Å². The molecule has 0 spiro atoms. The summed E-state index contributed by atoms with van der Waals surface area (Å²) in [4.78, 5) is 15.6. The molecule has 7 nitrogen and oxygen atoms in total. The maximum Gasteiger partial charge on any atom is 0.418 e. The summed E-state index contributed by atoms with van der Waals surface area (Å²) >= 11 is 0. The molecule has 2 heterocycles. The van der Waals surface area contributed by atoms with E-state index in [1.54, 1.807) is 18.2 Å². The first-order valence-corrected chi connectivity index (χ1v) is 12.3. The number of rotatable bonds is 6. The summed E-state index contributed by atoms with van der Waals surface area (Å²) in [5.41, 5.74) is 1.28. The van der Waals surface area contributed by atoms with Crippen molar-refractivity contribution in [3.8, 4) is 28.4 Å². The third kappa shape index (κ3) is 4.66. The number of alkyl halides is 3. The van der Waals surface area contributed by atoms with Crippen molar-refractivity contribution in [3.05, 3.63) is 63.4 Å². The molecule has 2 aromatic carbocycles. The van der Waals surface area contributed by atoms with Crippen LogP contribution in [0.25, 0.3) is 16.9 Å². The van der Waals surface area contributed by atoms with Gasteiger partial charge in [0, 0.05) is 42.0 Å². The molecule has 0 radical (unpaired) electrons. The van der Waals surface area contributed by atoms with Gasteiger partial charge in [0.2, 0.25) is 0 Å². The normalized spacial score (nSPS) is 17.2. The van der Waals surface area contributed by atoms with Crippen molar-refractivity contribution >= 4 is 5.69 Å². The standard InChI is InChI=1S/C27H29F3N4O3/c1-31-17-9-10-33(15-17)18-7-8-23(27(28,29)30)24(13-18)34-26(35)22-6-4-5-21(22)25(32-34)16-11-19(36-2)14-20(12-16)37-3/h7-8,11-14,17,31H,4-6,9-10,15H2,1-3H3. The Hall–Kier alpha value is -3.53. The summed E-state index contributed by atoms with van der Waals surface area (Å²) in [6.45, 7) is 1.38. The van der Waals surface area contributed by atoms with Gasteiger partial charge in [-0.05, 0) is 68.6 Å². The van der Waals surface area contributed by atoms with Crippen LogP contribution in [0.3, 0.4) is 0 Å². The predicted octanol–water partition coefficient (Wildman–Crippen LogP) is 4.22. The van der Waals surface area contributed by atoms with Crippen LogP contribution in [0.15, 0.2) is 41.2 Å². The van der Waals surface area contributed by atoms with Gasteiger partial charge in [0.25, 0.3) is 5.56 Å². The number of anilines is 1. The molecule has 3 aromatic rings. The molecule has 0 saturated carbocycles. The number of hydrogen-bond donors (Lipinski definition) is 1. The van der Waals surface area contributed by atoms with Crippen LogP contribution in [0.1, 0.15) is 29.5 Å². The molecule has 1 atom stereocenters. The SMILES string of the molecule is CNC1CCN(c2ccc(C(F)(F)F)c(-n3nc(-c4cc(OC)cc(OC)c4)c4c(c3=O)CCC4)c2)C1.